The molecule has 0 spiro atoms. The fourth-order valence-corrected chi connectivity index (χ4v) is 3.54. The maximum absolute atomic E-state index is 13.3. The summed E-state index contributed by atoms with van der Waals surface area (Å²) in [6.07, 6.45) is -4.61. The van der Waals surface area contributed by atoms with Gasteiger partial charge in [-0.25, -0.2) is 4.98 Å². The minimum atomic E-state index is -4.61. The van der Waals surface area contributed by atoms with E-state index in [4.69, 9.17) is 0 Å². The molecule has 0 fully saturated rings. The Kier molecular flexibility index (Phi) is 4.91. The molecule has 25 heavy (non-hydrogen) atoms. The molecule has 0 radical (unpaired) electrons. The van der Waals surface area contributed by atoms with Crippen LogP contribution in [0.5, 0.6) is 0 Å². The maximum atomic E-state index is 13.3. The van der Waals surface area contributed by atoms with Gasteiger partial charge in [0, 0.05) is 10.0 Å². The molecule has 1 heterocycles. The van der Waals surface area contributed by atoms with E-state index >= 15 is 0 Å². The third-order valence-corrected chi connectivity index (χ3v) is 4.75. The third-order valence-electron chi connectivity index (χ3n) is 3.24. The van der Waals surface area contributed by atoms with E-state index in [2.05, 4.69) is 26.2 Å². The van der Waals surface area contributed by atoms with Crippen molar-refractivity contribution < 1.29 is 18.0 Å². The number of nitrogens with one attached hydrogen (secondary N) is 1. The van der Waals surface area contributed by atoms with Gasteiger partial charge in [-0.2, -0.15) is 13.2 Å². The standard InChI is InChI=1S/C17H10BrF3N2OS/c18-12-8-4-7-11(9-12)15(24)23-16-22-14(17(19,20)21)13(25-16)10-5-2-1-3-6-10/h1-9H,(H,22,23,24). The van der Waals surface area contributed by atoms with Crippen LogP contribution in [0.4, 0.5) is 18.3 Å². The Morgan fingerprint density at radius 1 is 1.08 bits per heavy atom. The molecule has 3 nitrogen and oxygen atoms in total. The van der Waals surface area contributed by atoms with E-state index in [1.807, 2.05) is 0 Å². The highest BCUT2D eigenvalue weighted by Gasteiger charge is 2.38. The van der Waals surface area contributed by atoms with Gasteiger partial charge >= 0.3 is 6.18 Å². The van der Waals surface area contributed by atoms with Gasteiger partial charge < -0.3 is 0 Å². The first kappa shape index (κ1) is 17.6. The Morgan fingerprint density at radius 2 is 1.80 bits per heavy atom. The number of benzene rings is 2. The van der Waals surface area contributed by atoms with Gasteiger partial charge in [0.05, 0.1) is 4.88 Å². The fourth-order valence-electron chi connectivity index (χ4n) is 2.15. The number of thiazole rings is 1. The first-order chi connectivity index (χ1) is 11.8. The normalized spacial score (nSPS) is 11.4. The number of carbonyl (C=O) groups excluding carboxylic acids is 1. The molecule has 128 valence electrons. The van der Waals surface area contributed by atoms with E-state index in [1.54, 1.807) is 54.6 Å². The number of anilines is 1. The van der Waals surface area contributed by atoms with Crippen LogP contribution in [-0.2, 0) is 6.18 Å². The lowest BCUT2D eigenvalue weighted by molar-refractivity contribution is -0.140. The second-order valence-corrected chi connectivity index (χ2v) is 6.94. The van der Waals surface area contributed by atoms with Crippen LogP contribution in [0.1, 0.15) is 16.1 Å². The minimum absolute atomic E-state index is 0.0300. The topological polar surface area (TPSA) is 42.0 Å². The first-order valence-electron chi connectivity index (χ1n) is 7.05. The molecule has 1 amide bonds. The third kappa shape index (κ3) is 4.08. The zero-order chi connectivity index (χ0) is 18.0. The summed E-state index contributed by atoms with van der Waals surface area (Å²) in [7, 11) is 0. The number of nitrogens with zero attached hydrogens (tertiary/aromatic N) is 1. The second kappa shape index (κ2) is 6.97. The SMILES string of the molecule is O=C(Nc1nc(C(F)(F)F)c(-c2ccccc2)s1)c1cccc(Br)c1. The number of amides is 1. The number of halogens is 4. The van der Waals surface area contributed by atoms with Crippen molar-refractivity contribution in [1.29, 1.82) is 0 Å². The molecule has 3 rings (SSSR count). The molecule has 8 heteroatoms. The van der Waals surface area contributed by atoms with Crippen molar-refractivity contribution in [2.45, 2.75) is 6.18 Å². The highest BCUT2D eigenvalue weighted by Crippen LogP contribution is 2.41. The van der Waals surface area contributed by atoms with Gasteiger partial charge in [0.25, 0.3) is 5.91 Å². The number of hydrogen-bond acceptors (Lipinski definition) is 3. The summed E-state index contributed by atoms with van der Waals surface area (Å²) >= 11 is 4.04. The van der Waals surface area contributed by atoms with Crippen molar-refractivity contribution in [3.05, 3.63) is 70.3 Å². The van der Waals surface area contributed by atoms with E-state index in [-0.39, 0.29) is 10.0 Å². The molecular weight excluding hydrogens is 417 g/mol. The van der Waals surface area contributed by atoms with Gasteiger partial charge in [0.1, 0.15) is 0 Å². The lowest BCUT2D eigenvalue weighted by Crippen LogP contribution is -2.12. The lowest BCUT2D eigenvalue weighted by atomic mass is 10.1. The molecule has 0 saturated heterocycles. The molecule has 0 aliphatic rings. The molecule has 0 aliphatic carbocycles. The van der Waals surface area contributed by atoms with Crippen molar-refractivity contribution in [3.8, 4) is 10.4 Å². The Hall–Kier alpha value is -2.19. The van der Waals surface area contributed by atoms with Crippen molar-refractivity contribution in [2.24, 2.45) is 0 Å². The number of aromatic nitrogens is 1. The van der Waals surface area contributed by atoms with Crippen LogP contribution in [0.3, 0.4) is 0 Å². The van der Waals surface area contributed by atoms with E-state index < -0.39 is 17.8 Å². The maximum Gasteiger partial charge on any atom is 0.434 e. The van der Waals surface area contributed by atoms with Crippen LogP contribution in [0.25, 0.3) is 10.4 Å². The summed E-state index contributed by atoms with van der Waals surface area (Å²) < 4.78 is 40.6. The Labute approximate surface area is 153 Å². The monoisotopic (exact) mass is 426 g/mol. The van der Waals surface area contributed by atoms with E-state index in [0.717, 1.165) is 11.3 Å². The van der Waals surface area contributed by atoms with Crippen LogP contribution in [-0.4, -0.2) is 10.9 Å². The first-order valence-corrected chi connectivity index (χ1v) is 8.66. The number of hydrogen-bond donors (Lipinski definition) is 1. The van der Waals surface area contributed by atoms with Crippen molar-refractivity contribution in [3.63, 3.8) is 0 Å². The molecule has 2 aromatic carbocycles. The molecule has 3 aromatic rings. The van der Waals surface area contributed by atoms with Gasteiger partial charge in [-0.15, -0.1) is 0 Å². The Balaban J connectivity index is 1.95. The Bertz CT molecular complexity index is 910. The van der Waals surface area contributed by atoms with Crippen LogP contribution in [0.2, 0.25) is 0 Å². The van der Waals surface area contributed by atoms with Gasteiger partial charge in [0.15, 0.2) is 10.8 Å². The van der Waals surface area contributed by atoms with Crippen molar-refractivity contribution in [2.75, 3.05) is 5.32 Å². The van der Waals surface area contributed by atoms with Crippen LogP contribution >= 0.6 is 27.3 Å². The minimum Gasteiger partial charge on any atom is -0.298 e. The quantitative estimate of drug-likeness (QED) is 0.571. The van der Waals surface area contributed by atoms with Crippen LogP contribution in [0, 0.1) is 0 Å². The highest BCUT2D eigenvalue weighted by molar-refractivity contribution is 9.10. The average molecular weight is 427 g/mol. The van der Waals surface area contributed by atoms with Crippen molar-refractivity contribution in [1.82, 2.24) is 4.98 Å². The lowest BCUT2D eigenvalue weighted by Gasteiger charge is -2.05. The number of carbonyl (C=O) groups is 1. The molecule has 0 aliphatic heterocycles. The van der Waals surface area contributed by atoms with Crippen LogP contribution < -0.4 is 5.32 Å². The highest BCUT2D eigenvalue weighted by atomic mass is 79.9. The van der Waals surface area contributed by atoms with Crippen molar-refractivity contribution >= 4 is 38.3 Å². The van der Waals surface area contributed by atoms with Gasteiger partial charge in [-0.1, -0.05) is 63.7 Å². The second-order valence-electron chi connectivity index (χ2n) is 5.03. The van der Waals surface area contributed by atoms with E-state index in [0.29, 0.717) is 15.6 Å². The summed E-state index contributed by atoms with van der Waals surface area (Å²) in [6, 6.07) is 14.7. The summed E-state index contributed by atoms with van der Waals surface area (Å²) in [5.74, 6) is -0.525. The molecule has 1 N–H and O–H groups in total. The van der Waals surface area contributed by atoms with Gasteiger partial charge in [0.2, 0.25) is 0 Å². The Morgan fingerprint density at radius 3 is 2.44 bits per heavy atom. The predicted octanol–water partition coefficient (Wildman–Crippen LogP) is 5.84. The molecular formula is C17H10BrF3N2OS. The molecule has 0 bridgehead atoms. The van der Waals surface area contributed by atoms with Crippen LogP contribution in [0.15, 0.2) is 59.1 Å². The van der Waals surface area contributed by atoms with Gasteiger partial charge in [-0.3, -0.25) is 10.1 Å². The van der Waals surface area contributed by atoms with E-state index in [1.165, 1.54) is 0 Å². The van der Waals surface area contributed by atoms with Gasteiger partial charge in [-0.05, 0) is 23.8 Å². The zero-order valence-corrected chi connectivity index (χ0v) is 14.9. The molecule has 0 atom stereocenters. The summed E-state index contributed by atoms with van der Waals surface area (Å²) in [4.78, 5) is 15.8. The van der Waals surface area contributed by atoms with E-state index in [9.17, 15) is 18.0 Å². The smallest absolute Gasteiger partial charge is 0.298 e. The average Bonchev–Trinajstić information content (AvgIpc) is 3.00. The largest absolute Gasteiger partial charge is 0.434 e. The molecule has 0 unspecified atom stereocenters. The summed E-state index contributed by atoms with van der Waals surface area (Å²) in [6.45, 7) is 0. The summed E-state index contributed by atoms with van der Waals surface area (Å²) in [5, 5.41) is 2.33. The fraction of sp³-hybridized carbons (Fsp3) is 0.0588. The summed E-state index contributed by atoms with van der Waals surface area (Å²) in [5.41, 5.74) is -0.289. The molecule has 0 saturated carbocycles. The molecule has 1 aromatic heterocycles. The zero-order valence-electron chi connectivity index (χ0n) is 12.5. The number of rotatable bonds is 3. The number of alkyl halides is 3. The predicted molar refractivity (Wildman–Crippen MR) is 94.6 cm³/mol.